The second-order valence-electron chi connectivity index (χ2n) is 7.24. The number of para-hydroxylation sites is 1. The standard InChI is InChI=1S/C19H24N4O2/c24-18-15-5-1-2-6-16(15)21-22-17(18)19(25)20-9-3-4-14-12-23-10-7-13(14)8-11-23/h1-2,5-6,13-14H,3-4,7-12H2,(H,20,25)(H,21,24). The first kappa shape index (κ1) is 16.3. The lowest BCUT2D eigenvalue weighted by molar-refractivity contribution is 0.0457. The zero-order valence-corrected chi connectivity index (χ0v) is 14.3. The molecule has 132 valence electrons. The monoisotopic (exact) mass is 340 g/mol. The maximum Gasteiger partial charge on any atom is 0.275 e. The Morgan fingerprint density at radius 1 is 1.28 bits per heavy atom. The van der Waals surface area contributed by atoms with E-state index in [1.807, 2.05) is 6.07 Å². The number of H-pyrrole nitrogens is 1. The lowest BCUT2D eigenvalue weighted by Crippen LogP contribution is -2.47. The molecule has 4 heterocycles. The van der Waals surface area contributed by atoms with Crippen molar-refractivity contribution in [2.75, 3.05) is 26.2 Å². The molecule has 6 nitrogen and oxygen atoms in total. The second-order valence-corrected chi connectivity index (χ2v) is 7.24. The van der Waals surface area contributed by atoms with Crippen LogP contribution in [-0.4, -0.2) is 47.2 Å². The van der Waals surface area contributed by atoms with Crippen LogP contribution in [0.2, 0.25) is 0 Å². The van der Waals surface area contributed by atoms with E-state index in [1.165, 1.54) is 32.5 Å². The Bertz CT molecular complexity index is 824. The molecule has 3 aliphatic rings. The van der Waals surface area contributed by atoms with Crippen LogP contribution in [0.25, 0.3) is 10.9 Å². The summed E-state index contributed by atoms with van der Waals surface area (Å²) in [5.74, 6) is 1.24. The van der Waals surface area contributed by atoms with Crippen molar-refractivity contribution in [3.63, 3.8) is 0 Å². The molecule has 0 spiro atoms. The summed E-state index contributed by atoms with van der Waals surface area (Å²) in [5, 5.41) is 10.1. The van der Waals surface area contributed by atoms with Crippen molar-refractivity contribution in [1.29, 1.82) is 0 Å². The highest BCUT2D eigenvalue weighted by Gasteiger charge is 2.33. The second kappa shape index (κ2) is 6.96. The largest absolute Gasteiger partial charge is 0.351 e. The molecule has 3 aliphatic heterocycles. The number of benzene rings is 1. The lowest BCUT2D eigenvalue weighted by Gasteiger charge is -2.45. The summed E-state index contributed by atoms with van der Waals surface area (Å²) < 4.78 is 0. The topological polar surface area (TPSA) is 78.1 Å². The predicted octanol–water partition coefficient (Wildman–Crippen LogP) is 1.77. The molecule has 6 heteroatoms. The van der Waals surface area contributed by atoms with Crippen LogP contribution in [0.1, 0.15) is 36.2 Å². The van der Waals surface area contributed by atoms with Crippen LogP contribution in [0.3, 0.4) is 0 Å². The first-order chi connectivity index (χ1) is 12.2. The average Bonchev–Trinajstić information content (AvgIpc) is 2.66. The van der Waals surface area contributed by atoms with Crippen LogP contribution in [0, 0.1) is 11.8 Å². The number of aromatic amines is 1. The number of carbonyl (C=O) groups is 1. The molecule has 25 heavy (non-hydrogen) atoms. The van der Waals surface area contributed by atoms with E-state index in [9.17, 15) is 9.59 Å². The molecule has 1 aromatic carbocycles. The number of rotatable bonds is 5. The van der Waals surface area contributed by atoms with Gasteiger partial charge < -0.3 is 10.2 Å². The van der Waals surface area contributed by atoms with Gasteiger partial charge in [0.2, 0.25) is 5.43 Å². The van der Waals surface area contributed by atoms with Gasteiger partial charge in [0.05, 0.1) is 5.52 Å². The number of nitrogens with zero attached hydrogens (tertiary/aromatic N) is 2. The van der Waals surface area contributed by atoms with Gasteiger partial charge in [-0.25, -0.2) is 0 Å². The number of amides is 1. The highest BCUT2D eigenvalue weighted by Crippen LogP contribution is 2.34. The Labute approximate surface area is 146 Å². The first-order valence-corrected chi connectivity index (χ1v) is 9.20. The molecule has 1 aromatic heterocycles. The highest BCUT2D eigenvalue weighted by molar-refractivity contribution is 5.95. The van der Waals surface area contributed by atoms with Crippen molar-refractivity contribution >= 4 is 16.8 Å². The first-order valence-electron chi connectivity index (χ1n) is 9.20. The third kappa shape index (κ3) is 3.31. The molecule has 1 amide bonds. The Morgan fingerprint density at radius 3 is 2.84 bits per heavy atom. The Morgan fingerprint density at radius 2 is 2.08 bits per heavy atom. The fourth-order valence-corrected chi connectivity index (χ4v) is 4.29. The van der Waals surface area contributed by atoms with E-state index >= 15 is 0 Å². The van der Waals surface area contributed by atoms with Crippen molar-refractivity contribution in [1.82, 2.24) is 20.4 Å². The molecule has 2 N–H and O–H groups in total. The zero-order chi connectivity index (χ0) is 17.2. The minimum absolute atomic E-state index is 0.0541. The SMILES string of the molecule is O=C(NCCCC1CN2CCC1CC2)c1n[nH]c2ccccc2c1=O. The molecular formula is C19H24N4O2. The van der Waals surface area contributed by atoms with Crippen molar-refractivity contribution in [3.05, 3.63) is 40.2 Å². The van der Waals surface area contributed by atoms with Crippen LogP contribution in [0.15, 0.2) is 29.1 Å². The van der Waals surface area contributed by atoms with Gasteiger partial charge in [0.25, 0.3) is 5.91 Å². The molecule has 3 saturated heterocycles. The number of fused-ring (bicyclic) bond motifs is 4. The van der Waals surface area contributed by atoms with Crippen molar-refractivity contribution in [3.8, 4) is 0 Å². The van der Waals surface area contributed by atoms with Crippen LogP contribution in [0.4, 0.5) is 0 Å². The van der Waals surface area contributed by atoms with E-state index in [-0.39, 0.29) is 17.0 Å². The van der Waals surface area contributed by atoms with Crippen molar-refractivity contribution in [2.24, 2.45) is 11.8 Å². The minimum atomic E-state index is -0.388. The van der Waals surface area contributed by atoms with Crippen LogP contribution in [-0.2, 0) is 0 Å². The van der Waals surface area contributed by atoms with Gasteiger partial charge >= 0.3 is 0 Å². The summed E-state index contributed by atoms with van der Waals surface area (Å²) >= 11 is 0. The highest BCUT2D eigenvalue weighted by atomic mass is 16.2. The molecule has 5 rings (SSSR count). The van der Waals surface area contributed by atoms with Gasteiger partial charge in [0.15, 0.2) is 5.69 Å². The molecular weight excluding hydrogens is 316 g/mol. The Balaban J connectivity index is 1.32. The smallest absolute Gasteiger partial charge is 0.275 e. The molecule has 2 bridgehead atoms. The molecule has 2 aromatic rings. The lowest BCUT2D eigenvalue weighted by atomic mass is 9.77. The molecule has 1 unspecified atom stereocenters. The molecule has 0 radical (unpaired) electrons. The average molecular weight is 340 g/mol. The van der Waals surface area contributed by atoms with E-state index < -0.39 is 0 Å². The number of nitrogens with one attached hydrogen (secondary N) is 2. The quantitative estimate of drug-likeness (QED) is 0.813. The fourth-order valence-electron chi connectivity index (χ4n) is 4.29. The van der Waals surface area contributed by atoms with Crippen LogP contribution < -0.4 is 10.7 Å². The third-order valence-corrected chi connectivity index (χ3v) is 5.72. The number of hydrogen-bond acceptors (Lipinski definition) is 4. The molecule has 1 atom stereocenters. The predicted molar refractivity (Wildman–Crippen MR) is 96.6 cm³/mol. The van der Waals surface area contributed by atoms with Crippen LogP contribution >= 0.6 is 0 Å². The maximum absolute atomic E-state index is 12.4. The number of hydrogen-bond donors (Lipinski definition) is 2. The zero-order valence-electron chi connectivity index (χ0n) is 14.3. The summed E-state index contributed by atoms with van der Waals surface area (Å²) in [6.45, 7) is 4.32. The fraction of sp³-hybridized carbons (Fsp3) is 0.526. The van der Waals surface area contributed by atoms with Gasteiger partial charge in [-0.15, -0.1) is 0 Å². The summed E-state index contributed by atoms with van der Waals surface area (Å²) in [7, 11) is 0. The van der Waals surface area contributed by atoms with E-state index in [1.54, 1.807) is 18.2 Å². The minimum Gasteiger partial charge on any atom is -0.351 e. The number of carbonyl (C=O) groups excluding carboxylic acids is 1. The van der Waals surface area contributed by atoms with E-state index in [0.717, 1.165) is 24.7 Å². The third-order valence-electron chi connectivity index (χ3n) is 5.72. The number of piperidine rings is 3. The van der Waals surface area contributed by atoms with Gasteiger partial charge in [0.1, 0.15) is 0 Å². The van der Waals surface area contributed by atoms with Gasteiger partial charge in [-0.1, -0.05) is 12.1 Å². The summed E-state index contributed by atoms with van der Waals surface area (Å²) in [5.41, 5.74) is 0.275. The molecule has 0 aliphatic carbocycles. The Hall–Kier alpha value is -2.21. The Kier molecular flexibility index (Phi) is 4.53. The normalized spacial score (nSPS) is 25.2. The van der Waals surface area contributed by atoms with Gasteiger partial charge in [0, 0.05) is 18.5 Å². The van der Waals surface area contributed by atoms with E-state index in [2.05, 4.69) is 20.4 Å². The molecule has 0 saturated carbocycles. The van der Waals surface area contributed by atoms with Gasteiger partial charge in [-0.05, 0) is 62.7 Å². The van der Waals surface area contributed by atoms with E-state index in [0.29, 0.717) is 17.4 Å². The summed E-state index contributed by atoms with van der Waals surface area (Å²) in [6, 6.07) is 7.10. The summed E-state index contributed by atoms with van der Waals surface area (Å²) in [4.78, 5) is 27.2. The summed E-state index contributed by atoms with van der Waals surface area (Å²) in [6.07, 6.45) is 4.75. The maximum atomic E-state index is 12.4. The van der Waals surface area contributed by atoms with Crippen molar-refractivity contribution in [2.45, 2.75) is 25.7 Å². The van der Waals surface area contributed by atoms with E-state index in [4.69, 9.17) is 0 Å². The van der Waals surface area contributed by atoms with Gasteiger partial charge in [-0.3, -0.25) is 14.7 Å². The van der Waals surface area contributed by atoms with Crippen LogP contribution in [0.5, 0.6) is 0 Å². The molecule has 3 fully saturated rings. The number of aromatic nitrogens is 2. The van der Waals surface area contributed by atoms with Gasteiger partial charge in [-0.2, -0.15) is 5.10 Å². The van der Waals surface area contributed by atoms with Crippen molar-refractivity contribution < 1.29 is 4.79 Å².